The van der Waals surface area contributed by atoms with Crippen molar-refractivity contribution in [2.75, 3.05) is 0 Å². The quantitative estimate of drug-likeness (QED) is 0.232. The van der Waals surface area contributed by atoms with E-state index in [1.807, 2.05) is 55.5 Å². The van der Waals surface area contributed by atoms with Crippen LogP contribution in [0.1, 0.15) is 22.3 Å². The van der Waals surface area contributed by atoms with E-state index in [-0.39, 0.29) is 11.7 Å². The van der Waals surface area contributed by atoms with Crippen LogP contribution in [0, 0.1) is 17.0 Å². The third-order valence-corrected chi connectivity index (χ3v) is 4.82. The van der Waals surface area contributed by atoms with Crippen LogP contribution in [0.4, 0.5) is 5.69 Å². The average Bonchev–Trinajstić information content (AvgIpc) is 3.14. The lowest BCUT2D eigenvalue weighted by Gasteiger charge is -2.06. The van der Waals surface area contributed by atoms with E-state index >= 15 is 0 Å². The van der Waals surface area contributed by atoms with Gasteiger partial charge in [-0.15, -0.1) is 0 Å². The Morgan fingerprint density at radius 1 is 0.968 bits per heavy atom. The molecule has 0 spiro atoms. The van der Waals surface area contributed by atoms with Crippen LogP contribution >= 0.6 is 0 Å². The summed E-state index contributed by atoms with van der Waals surface area (Å²) < 4.78 is 11.1. The van der Waals surface area contributed by atoms with E-state index in [2.05, 4.69) is 0 Å². The first-order chi connectivity index (χ1) is 15.0. The van der Waals surface area contributed by atoms with Crippen LogP contribution in [-0.4, -0.2) is 10.9 Å². The fraction of sp³-hybridized carbons (Fsp3) is 0.0800. The monoisotopic (exact) mass is 413 g/mol. The molecule has 0 aliphatic carbocycles. The molecule has 0 atom stereocenters. The fourth-order valence-electron chi connectivity index (χ4n) is 3.07. The van der Waals surface area contributed by atoms with Gasteiger partial charge in [0, 0.05) is 17.7 Å². The molecule has 31 heavy (non-hydrogen) atoms. The summed E-state index contributed by atoms with van der Waals surface area (Å²) in [5.74, 6) is 0.818. The van der Waals surface area contributed by atoms with Gasteiger partial charge >= 0.3 is 5.97 Å². The highest BCUT2D eigenvalue weighted by molar-refractivity contribution is 6.05. The smallest absolute Gasteiger partial charge is 0.343 e. The number of aryl methyl sites for hydroxylation is 1. The lowest BCUT2D eigenvalue weighted by molar-refractivity contribution is -0.384. The number of non-ortho nitro benzene ring substituents is 1. The Morgan fingerprint density at radius 3 is 2.29 bits per heavy atom. The molecule has 1 aliphatic rings. The number of hydrogen-bond donors (Lipinski definition) is 0. The number of nitro groups is 1. The first-order valence-corrected chi connectivity index (χ1v) is 9.67. The van der Waals surface area contributed by atoms with Crippen LogP contribution < -0.4 is 4.74 Å². The van der Waals surface area contributed by atoms with Crippen LogP contribution in [0.25, 0.3) is 11.8 Å². The van der Waals surface area contributed by atoms with E-state index in [4.69, 9.17) is 9.47 Å². The summed E-state index contributed by atoms with van der Waals surface area (Å²) in [4.78, 5) is 22.5. The Hall–Kier alpha value is -4.19. The van der Waals surface area contributed by atoms with Gasteiger partial charge in [0.05, 0.1) is 10.5 Å². The molecule has 0 saturated heterocycles. The van der Waals surface area contributed by atoms with E-state index in [0.717, 1.165) is 22.3 Å². The maximum Gasteiger partial charge on any atom is 0.343 e. The van der Waals surface area contributed by atoms with Crippen LogP contribution in [0.15, 0.2) is 84.4 Å². The van der Waals surface area contributed by atoms with E-state index in [0.29, 0.717) is 23.7 Å². The van der Waals surface area contributed by atoms with Gasteiger partial charge in [-0.2, -0.15) is 0 Å². The summed E-state index contributed by atoms with van der Waals surface area (Å²) in [6.45, 7) is 2.30. The maximum absolute atomic E-state index is 12.2. The third kappa shape index (κ3) is 4.87. The number of esters is 1. The molecule has 4 rings (SSSR count). The van der Waals surface area contributed by atoms with Gasteiger partial charge in [0.1, 0.15) is 18.1 Å². The van der Waals surface area contributed by atoms with E-state index < -0.39 is 4.92 Å². The molecule has 0 bridgehead atoms. The summed E-state index contributed by atoms with van der Waals surface area (Å²) in [5.41, 5.74) is 4.20. The molecule has 0 N–H and O–H groups in total. The molecule has 1 heterocycles. The Bertz CT molecular complexity index is 1170. The Kier molecular flexibility index (Phi) is 5.62. The number of cyclic esters (lactones) is 1. The molecular weight excluding hydrogens is 394 g/mol. The summed E-state index contributed by atoms with van der Waals surface area (Å²) >= 11 is 0. The number of benzene rings is 3. The molecule has 6 heteroatoms. The summed E-state index contributed by atoms with van der Waals surface area (Å²) in [5, 5.41) is 10.7. The van der Waals surface area contributed by atoms with Gasteiger partial charge < -0.3 is 9.47 Å². The zero-order chi connectivity index (χ0) is 21.8. The van der Waals surface area contributed by atoms with Crippen molar-refractivity contribution < 1.29 is 19.2 Å². The Labute approximate surface area is 179 Å². The van der Waals surface area contributed by atoms with Gasteiger partial charge in [0.15, 0.2) is 0 Å². The number of carbonyl (C=O) groups excluding carboxylic acids is 1. The number of hydrogen-bond acceptors (Lipinski definition) is 5. The summed E-state index contributed by atoms with van der Waals surface area (Å²) in [7, 11) is 0. The second-order valence-corrected chi connectivity index (χ2v) is 7.15. The molecule has 0 unspecified atom stereocenters. The van der Waals surface area contributed by atoms with Crippen molar-refractivity contribution in [2.45, 2.75) is 13.5 Å². The van der Waals surface area contributed by atoms with E-state index in [1.165, 1.54) is 12.1 Å². The normalized spacial score (nSPS) is 14.3. The molecule has 3 aromatic carbocycles. The minimum atomic E-state index is -0.434. The number of ether oxygens (including phenoxy) is 2. The number of nitrogens with zero attached hydrogens (tertiary/aromatic N) is 1. The lowest BCUT2D eigenvalue weighted by Crippen LogP contribution is -1.97. The average molecular weight is 413 g/mol. The van der Waals surface area contributed by atoms with Crippen LogP contribution in [0.2, 0.25) is 0 Å². The van der Waals surface area contributed by atoms with Gasteiger partial charge in [-0.1, -0.05) is 42.0 Å². The fourth-order valence-corrected chi connectivity index (χ4v) is 3.07. The molecule has 1 aliphatic heterocycles. The third-order valence-electron chi connectivity index (χ3n) is 4.82. The summed E-state index contributed by atoms with van der Waals surface area (Å²) in [6, 6.07) is 21.4. The van der Waals surface area contributed by atoms with Gasteiger partial charge in [-0.25, -0.2) is 4.79 Å². The highest BCUT2D eigenvalue weighted by Crippen LogP contribution is 2.28. The van der Waals surface area contributed by atoms with E-state index in [1.54, 1.807) is 24.3 Å². The second-order valence-electron chi connectivity index (χ2n) is 7.15. The van der Waals surface area contributed by atoms with Crippen molar-refractivity contribution in [1.29, 1.82) is 0 Å². The largest absolute Gasteiger partial charge is 0.489 e. The predicted octanol–water partition coefficient (Wildman–Crippen LogP) is 5.46. The number of rotatable bonds is 6. The first-order valence-electron chi connectivity index (χ1n) is 9.67. The summed E-state index contributed by atoms with van der Waals surface area (Å²) in [6.07, 6.45) is 3.51. The molecule has 0 fully saturated rings. The Morgan fingerprint density at radius 2 is 1.65 bits per heavy atom. The predicted molar refractivity (Wildman–Crippen MR) is 117 cm³/mol. The first kappa shape index (κ1) is 20.1. The SMILES string of the molecule is Cc1ccc(C2=C/C(=C\c3ccc(OCc4ccc([N+](=O)[O-])cc4)cc3)C(=O)O2)cc1. The second kappa shape index (κ2) is 8.67. The van der Waals surface area contributed by atoms with Crippen molar-refractivity contribution in [1.82, 2.24) is 0 Å². The molecular formula is C25H19NO5. The van der Waals surface area contributed by atoms with Crippen LogP contribution in [0.3, 0.4) is 0 Å². The van der Waals surface area contributed by atoms with Crippen molar-refractivity contribution >= 4 is 23.5 Å². The zero-order valence-electron chi connectivity index (χ0n) is 16.8. The highest BCUT2D eigenvalue weighted by atomic mass is 16.6. The number of nitro benzene ring substituents is 1. The van der Waals surface area contributed by atoms with Crippen molar-refractivity contribution in [2.24, 2.45) is 0 Å². The van der Waals surface area contributed by atoms with Gasteiger partial charge in [0.2, 0.25) is 0 Å². The zero-order valence-corrected chi connectivity index (χ0v) is 16.8. The minimum absolute atomic E-state index is 0.0474. The van der Waals surface area contributed by atoms with Gasteiger partial charge in [-0.05, 0) is 54.5 Å². The Balaban J connectivity index is 1.41. The standard InChI is InChI=1S/C25H19NO5/c1-17-2-8-20(9-3-17)24-15-21(25(27)31-24)14-18-6-12-23(13-7-18)30-16-19-4-10-22(11-5-19)26(28)29/h2-15H,16H2,1H3/b21-14+. The van der Waals surface area contributed by atoms with Crippen LogP contribution in [-0.2, 0) is 16.1 Å². The topological polar surface area (TPSA) is 78.7 Å². The maximum atomic E-state index is 12.2. The van der Waals surface area contributed by atoms with Crippen molar-refractivity contribution in [3.8, 4) is 5.75 Å². The van der Waals surface area contributed by atoms with E-state index in [9.17, 15) is 14.9 Å². The molecule has 3 aromatic rings. The van der Waals surface area contributed by atoms with Gasteiger partial charge in [0.25, 0.3) is 5.69 Å². The van der Waals surface area contributed by atoms with Crippen molar-refractivity contribution in [3.63, 3.8) is 0 Å². The number of carbonyl (C=O) groups is 1. The molecule has 0 saturated carbocycles. The highest BCUT2D eigenvalue weighted by Gasteiger charge is 2.21. The van der Waals surface area contributed by atoms with Crippen LogP contribution in [0.5, 0.6) is 5.75 Å². The lowest BCUT2D eigenvalue weighted by atomic mass is 10.1. The van der Waals surface area contributed by atoms with Crippen molar-refractivity contribution in [3.05, 3.63) is 117 Å². The molecule has 154 valence electrons. The van der Waals surface area contributed by atoms with Gasteiger partial charge in [-0.3, -0.25) is 10.1 Å². The molecule has 0 aromatic heterocycles. The molecule has 0 radical (unpaired) electrons. The minimum Gasteiger partial charge on any atom is -0.489 e. The molecule has 6 nitrogen and oxygen atoms in total. The molecule has 0 amide bonds.